The Labute approximate surface area is 118 Å². The van der Waals surface area contributed by atoms with E-state index in [1.807, 2.05) is 0 Å². The number of nitrogens with one attached hydrogen (secondary N) is 2. The number of hydrogen-bond donors (Lipinski definition) is 2. The summed E-state index contributed by atoms with van der Waals surface area (Å²) >= 11 is 0. The minimum atomic E-state index is -4.57. The SMILES string of the molecule is FC(F)(F)c1nnc2ccc(NCC[C@H]3CCCN3)nn12. The van der Waals surface area contributed by atoms with Crippen LogP contribution in [0.25, 0.3) is 5.65 Å². The second-order valence-corrected chi connectivity index (χ2v) is 5.02. The third-order valence-electron chi connectivity index (χ3n) is 3.48. The molecule has 21 heavy (non-hydrogen) atoms. The number of rotatable bonds is 4. The highest BCUT2D eigenvalue weighted by atomic mass is 19.4. The topological polar surface area (TPSA) is 67.1 Å². The first kappa shape index (κ1) is 14.1. The van der Waals surface area contributed by atoms with Gasteiger partial charge in [-0.25, -0.2) is 0 Å². The zero-order chi connectivity index (χ0) is 14.9. The molecule has 6 nitrogen and oxygen atoms in total. The third-order valence-corrected chi connectivity index (χ3v) is 3.48. The summed E-state index contributed by atoms with van der Waals surface area (Å²) in [5, 5.41) is 16.9. The first-order valence-corrected chi connectivity index (χ1v) is 6.81. The normalized spacial score (nSPS) is 19.3. The van der Waals surface area contributed by atoms with Gasteiger partial charge in [-0.2, -0.15) is 17.7 Å². The molecule has 2 aromatic heterocycles. The van der Waals surface area contributed by atoms with Gasteiger partial charge in [0, 0.05) is 12.6 Å². The van der Waals surface area contributed by atoms with Crippen molar-refractivity contribution >= 4 is 11.5 Å². The van der Waals surface area contributed by atoms with E-state index < -0.39 is 12.0 Å². The Bertz CT molecular complexity index is 617. The summed E-state index contributed by atoms with van der Waals surface area (Å²) in [4.78, 5) is 0. The Morgan fingerprint density at radius 2 is 2.19 bits per heavy atom. The molecule has 1 aliphatic rings. The highest BCUT2D eigenvalue weighted by Gasteiger charge is 2.37. The van der Waals surface area contributed by atoms with E-state index in [2.05, 4.69) is 25.9 Å². The quantitative estimate of drug-likeness (QED) is 0.899. The number of fused-ring (bicyclic) bond motifs is 1. The van der Waals surface area contributed by atoms with Gasteiger partial charge in [0.05, 0.1) is 0 Å². The molecule has 1 saturated heterocycles. The summed E-state index contributed by atoms with van der Waals surface area (Å²) in [6.45, 7) is 1.68. The number of anilines is 1. The van der Waals surface area contributed by atoms with Crippen LogP contribution < -0.4 is 10.6 Å². The summed E-state index contributed by atoms with van der Waals surface area (Å²) in [5.41, 5.74) is 0.0744. The van der Waals surface area contributed by atoms with E-state index in [4.69, 9.17) is 0 Å². The first-order valence-electron chi connectivity index (χ1n) is 6.81. The van der Waals surface area contributed by atoms with Gasteiger partial charge >= 0.3 is 6.18 Å². The molecular weight excluding hydrogens is 285 g/mol. The average Bonchev–Trinajstić information content (AvgIpc) is 3.05. The van der Waals surface area contributed by atoms with Gasteiger partial charge in [0.25, 0.3) is 5.82 Å². The standard InChI is InChI=1S/C12H15F3N6/c13-12(14,15)11-19-18-10-4-3-9(20-21(10)11)17-7-5-8-2-1-6-16-8/h3-4,8,16H,1-2,5-7H2,(H,17,20)/t8-/m1/s1. The minimum Gasteiger partial charge on any atom is -0.369 e. The molecule has 2 aromatic rings. The fourth-order valence-electron chi connectivity index (χ4n) is 2.44. The first-order chi connectivity index (χ1) is 10.0. The molecule has 9 heteroatoms. The van der Waals surface area contributed by atoms with Gasteiger partial charge in [0.2, 0.25) is 0 Å². The Morgan fingerprint density at radius 1 is 1.33 bits per heavy atom. The Hall–Kier alpha value is -1.90. The average molecular weight is 300 g/mol. The summed E-state index contributed by atoms with van der Waals surface area (Å²) in [5.74, 6) is -0.732. The van der Waals surface area contributed by atoms with Crippen LogP contribution in [0.2, 0.25) is 0 Å². The summed E-state index contributed by atoms with van der Waals surface area (Å²) < 4.78 is 39.0. The van der Waals surface area contributed by atoms with Crippen molar-refractivity contribution in [3.05, 3.63) is 18.0 Å². The minimum absolute atomic E-state index is 0.0744. The molecule has 1 aliphatic heterocycles. The molecule has 2 N–H and O–H groups in total. The maximum atomic E-state index is 12.7. The lowest BCUT2D eigenvalue weighted by atomic mass is 10.1. The van der Waals surface area contributed by atoms with E-state index in [0.29, 0.717) is 18.4 Å². The van der Waals surface area contributed by atoms with E-state index in [1.165, 1.54) is 12.5 Å². The van der Waals surface area contributed by atoms with Gasteiger partial charge in [-0.1, -0.05) is 0 Å². The van der Waals surface area contributed by atoms with E-state index >= 15 is 0 Å². The molecular formula is C12H15F3N6. The van der Waals surface area contributed by atoms with E-state index in [-0.39, 0.29) is 5.65 Å². The lowest BCUT2D eigenvalue weighted by Crippen LogP contribution is -2.24. The fraction of sp³-hybridized carbons (Fsp3) is 0.583. The number of nitrogens with zero attached hydrogens (tertiary/aromatic N) is 4. The van der Waals surface area contributed by atoms with Crippen molar-refractivity contribution in [1.29, 1.82) is 0 Å². The second-order valence-electron chi connectivity index (χ2n) is 5.02. The monoisotopic (exact) mass is 300 g/mol. The molecule has 0 aromatic carbocycles. The van der Waals surface area contributed by atoms with Crippen LogP contribution in [0.1, 0.15) is 25.1 Å². The van der Waals surface area contributed by atoms with Crippen molar-refractivity contribution < 1.29 is 13.2 Å². The molecule has 1 fully saturated rings. The van der Waals surface area contributed by atoms with Gasteiger partial charge < -0.3 is 10.6 Å². The van der Waals surface area contributed by atoms with Crippen LogP contribution in [0.15, 0.2) is 12.1 Å². The number of halogens is 3. The van der Waals surface area contributed by atoms with Crippen molar-refractivity contribution in [2.45, 2.75) is 31.5 Å². The molecule has 0 saturated carbocycles. The van der Waals surface area contributed by atoms with Crippen LogP contribution in [0, 0.1) is 0 Å². The Morgan fingerprint density at radius 3 is 2.90 bits per heavy atom. The van der Waals surface area contributed by atoms with E-state index in [9.17, 15) is 13.2 Å². The van der Waals surface area contributed by atoms with Gasteiger partial charge in [-0.15, -0.1) is 15.3 Å². The molecule has 114 valence electrons. The smallest absolute Gasteiger partial charge is 0.369 e. The van der Waals surface area contributed by atoms with E-state index in [1.54, 1.807) is 6.07 Å². The molecule has 1 atom stereocenters. The van der Waals surface area contributed by atoms with Crippen molar-refractivity contribution in [3.63, 3.8) is 0 Å². The third kappa shape index (κ3) is 3.07. The van der Waals surface area contributed by atoms with Gasteiger partial charge in [-0.3, -0.25) is 0 Å². The van der Waals surface area contributed by atoms with Crippen LogP contribution in [0.5, 0.6) is 0 Å². The lowest BCUT2D eigenvalue weighted by Gasteiger charge is -2.11. The number of alkyl halides is 3. The van der Waals surface area contributed by atoms with Crippen molar-refractivity contribution in [2.24, 2.45) is 0 Å². The van der Waals surface area contributed by atoms with Crippen molar-refractivity contribution in [2.75, 3.05) is 18.4 Å². The molecule has 3 rings (SSSR count). The Kier molecular flexibility index (Phi) is 3.66. The maximum Gasteiger partial charge on any atom is 0.453 e. The van der Waals surface area contributed by atoms with Crippen LogP contribution in [-0.2, 0) is 6.18 Å². The maximum absolute atomic E-state index is 12.7. The molecule has 0 amide bonds. The predicted octanol–water partition coefficient (Wildman–Crippen LogP) is 1.70. The predicted molar refractivity (Wildman–Crippen MR) is 69.9 cm³/mol. The fourth-order valence-corrected chi connectivity index (χ4v) is 2.44. The molecule has 0 spiro atoms. The second kappa shape index (κ2) is 5.47. The molecule has 0 bridgehead atoms. The van der Waals surface area contributed by atoms with Crippen LogP contribution in [-0.4, -0.2) is 38.9 Å². The highest BCUT2D eigenvalue weighted by Crippen LogP contribution is 2.27. The molecule has 3 heterocycles. The largest absolute Gasteiger partial charge is 0.453 e. The zero-order valence-corrected chi connectivity index (χ0v) is 11.2. The van der Waals surface area contributed by atoms with Gasteiger partial charge in [0.1, 0.15) is 5.82 Å². The van der Waals surface area contributed by atoms with Crippen molar-refractivity contribution in [1.82, 2.24) is 25.1 Å². The van der Waals surface area contributed by atoms with Crippen LogP contribution in [0.4, 0.5) is 19.0 Å². The lowest BCUT2D eigenvalue weighted by molar-refractivity contribution is -0.146. The summed E-state index contributed by atoms with van der Waals surface area (Å²) in [6.07, 6.45) is -1.35. The molecule has 0 radical (unpaired) electrons. The zero-order valence-electron chi connectivity index (χ0n) is 11.2. The Balaban J connectivity index is 1.70. The number of hydrogen-bond acceptors (Lipinski definition) is 5. The van der Waals surface area contributed by atoms with Crippen molar-refractivity contribution in [3.8, 4) is 0 Å². The number of aromatic nitrogens is 4. The molecule has 0 aliphatic carbocycles. The van der Waals surface area contributed by atoms with Gasteiger partial charge in [-0.05, 0) is 37.9 Å². The van der Waals surface area contributed by atoms with Crippen LogP contribution in [0.3, 0.4) is 0 Å². The molecule has 0 unspecified atom stereocenters. The van der Waals surface area contributed by atoms with Crippen LogP contribution >= 0.6 is 0 Å². The summed E-state index contributed by atoms with van der Waals surface area (Å²) in [6, 6.07) is 3.54. The van der Waals surface area contributed by atoms with Gasteiger partial charge in [0.15, 0.2) is 5.65 Å². The highest BCUT2D eigenvalue weighted by molar-refractivity contribution is 5.44. The van der Waals surface area contributed by atoms with E-state index in [0.717, 1.165) is 23.9 Å². The summed E-state index contributed by atoms with van der Waals surface area (Å²) in [7, 11) is 0.